The lowest BCUT2D eigenvalue weighted by Crippen LogP contribution is -2.47. The number of nitrogens with one attached hydrogen (secondary N) is 2. The number of amides is 1. The van der Waals surface area contributed by atoms with Crippen molar-refractivity contribution in [2.75, 3.05) is 19.0 Å². The van der Waals surface area contributed by atoms with Gasteiger partial charge in [-0.3, -0.25) is 4.79 Å². The molecule has 0 fully saturated rings. The predicted octanol–water partition coefficient (Wildman–Crippen LogP) is 2.48. The molecule has 1 aromatic carbocycles. The Balaban J connectivity index is 2.40. The summed E-state index contributed by atoms with van der Waals surface area (Å²) in [5, 5.41) is 4.31. The monoisotopic (exact) mass is 310 g/mol. The number of benzene rings is 1. The molecule has 0 bridgehead atoms. The average molecular weight is 310 g/mol. The number of carbonyl (C=O) groups excluding carboxylic acids is 1. The summed E-state index contributed by atoms with van der Waals surface area (Å²) >= 11 is 0. The summed E-state index contributed by atoms with van der Waals surface area (Å²) in [6, 6.07) is 1.09. The van der Waals surface area contributed by atoms with Crippen molar-refractivity contribution >= 4 is 11.6 Å². The highest BCUT2D eigenvalue weighted by atomic mass is 19.4. The van der Waals surface area contributed by atoms with Crippen LogP contribution in [0.2, 0.25) is 0 Å². The third-order valence-electron chi connectivity index (χ3n) is 3.00. The van der Waals surface area contributed by atoms with Crippen LogP contribution in [0.25, 0.3) is 0 Å². The minimum Gasteiger partial charge on any atom is -0.482 e. The fraction of sp³-hybridized carbons (Fsp3) is 0.417. The molecule has 1 atom stereocenters. The van der Waals surface area contributed by atoms with Crippen molar-refractivity contribution < 1.29 is 31.5 Å². The average Bonchev–Trinajstić information content (AvgIpc) is 2.37. The van der Waals surface area contributed by atoms with Crippen molar-refractivity contribution in [2.45, 2.75) is 18.1 Å². The van der Waals surface area contributed by atoms with Crippen LogP contribution in [0.5, 0.6) is 5.75 Å². The number of anilines is 1. The summed E-state index contributed by atoms with van der Waals surface area (Å²) in [5.74, 6) is -5.26. The molecule has 1 aliphatic heterocycles. The second-order valence-corrected chi connectivity index (χ2v) is 4.43. The first-order valence-electron chi connectivity index (χ1n) is 5.85. The van der Waals surface area contributed by atoms with Crippen LogP contribution in [0.3, 0.4) is 0 Å². The zero-order valence-electron chi connectivity index (χ0n) is 10.7. The van der Waals surface area contributed by atoms with E-state index in [0.29, 0.717) is 0 Å². The summed E-state index contributed by atoms with van der Waals surface area (Å²) in [5.41, 5.74) is -0.258. The zero-order chi connectivity index (χ0) is 15.8. The van der Waals surface area contributed by atoms with Crippen molar-refractivity contribution in [2.24, 2.45) is 0 Å². The maximum Gasteiger partial charge on any atom is 0.455 e. The number of ether oxygens (including phenoxy) is 1. The minimum absolute atomic E-state index is 0.0574. The highest BCUT2D eigenvalue weighted by Gasteiger charge is 2.62. The summed E-state index contributed by atoms with van der Waals surface area (Å²) in [6.07, 6.45) is -5.70. The number of halogens is 5. The van der Waals surface area contributed by atoms with E-state index in [1.54, 1.807) is 0 Å². The van der Waals surface area contributed by atoms with Gasteiger partial charge in [-0.1, -0.05) is 6.07 Å². The van der Waals surface area contributed by atoms with E-state index in [0.717, 1.165) is 19.2 Å². The number of carbonyl (C=O) groups is 1. The number of rotatable bonds is 3. The molecule has 0 saturated heterocycles. The lowest BCUT2D eigenvalue weighted by molar-refractivity contribution is -0.293. The van der Waals surface area contributed by atoms with Gasteiger partial charge >= 0.3 is 12.1 Å². The van der Waals surface area contributed by atoms with Gasteiger partial charge in [-0.25, -0.2) is 0 Å². The Hall–Kier alpha value is -1.90. The van der Waals surface area contributed by atoms with Crippen molar-refractivity contribution in [3.63, 3.8) is 0 Å². The molecule has 1 aromatic rings. The van der Waals surface area contributed by atoms with E-state index in [1.165, 1.54) is 6.07 Å². The Kier molecular flexibility index (Phi) is 3.79. The van der Waals surface area contributed by atoms with Gasteiger partial charge in [0.15, 0.2) is 6.61 Å². The third-order valence-corrected chi connectivity index (χ3v) is 3.00. The van der Waals surface area contributed by atoms with Gasteiger partial charge < -0.3 is 15.4 Å². The molecule has 0 radical (unpaired) electrons. The topological polar surface area (TPSA) is 50.4 Å². The third kappa shape index (κ3) is 2.78. The van der Waals surface area contributed by atoms with Gasteiger partial charge in [0.25, 0.3) is 5.91 Å². The molecule has 0 aliphatic carbocycles. The maximum absolute atomic E-state index is 13.5. The fourth-order valence-electron chi connectivity index (χ4n) is 2.00. The van der Waals surface area contributed by atoms with Gasteiger partial charge in [0.05, 0.1) is 5.69 Å². The lowest BCUT2D eigenvalue weighted by atomic mass is 9.99. The second kappa shape index (κ2) is 5.14. The highest BCUT2D eigenvalue weighted by Crippen LogP contribution is 2.45. The Morgan fingerprint density at radius 1 is 1.29 bits per heavy atom. The van der Waals surface area contributed by atoms with E-state index in [1.807, 2.05) is 5.32 Å². The zero-order valence-corrected chi connectivity index (χ0v) is 10.7. The van der Waals surface area contributed by atoms with E-state index in [9.17, 15) is 26.7 Å². The molecular formula is C12H11F5N2O2. The molecule has 1 heterocycles. The van der Waals surface area contributed by atoms with Crippen LogP contribution in [0.4, 0.5) is 27.6 Å². The fourth-order valence-corrected chi connectivity index (χ4v) is 2.00. The lowest BCUT2D eigenvalue weighted by Gasteiger charge is -2.29. The molecule has 4 nitrogen and oxygen atoms in total. The normalized spacial score (nSPS) is 16.8. The highest BCUT2D eigenvalue weighted by molar-refractivity contribution is 5.95. The van der Waals surface area contributed by atoms with Gasteiger partial charge in [-0.15, -0.1) is 0 Å². The van der Waals surface area contributed by atoms with Gasteiger partial charge in [0.2, 0.25) is 0 Å². The Morgan fingerprint density at radius 2 is 1.95 bits per heavy atom. The number of hydrogen-bond acceptors (Lipinski definition) is 3. The first-order chi connectivity index (χ1) is 9.66. The largest absolute Gasteiger partial charge is 0.482 e. The molecule has 0 aromatic heterocycles. The van der Waals surface area contributed by atoms with Crippen LogP contribution in [-0.2, 0) is 4.79 Å². The van der Waals surface area contributed by atoms with E-state index in [-0.39, 0.29) is 23.6 Å². The molecule has 1 unspecified atom stereocenters. The van der Waals surface area contributed by atoms with Gasteiger partial charge in [0.1, 0.15) is 11.8 Å². The summed E-state index contributed by atoms with van der Waals surface area (Å²) in [7, 11) is 0.999. The van der Waals surface area contributed by atoms with Crippen molar-refractivity contribution in [1.82, 2.24) is 5.32 Å². The number of hydrogen-bond donors (Lipinski definition) is 2. The van der Waals surface area contributed by atoms with Crippen molar-refractivity contribution in [1.29, 1.82) is 0 Å². The summed E-state index contributed by atoms with van der Waals surface area (Å²) < 4.78 is 69.4. The van der Waals surface area contributed by atoms with E-state index in [2.05, 4.69) is 5.32 Å². The molecular weight excluding hydrogens is 299 g/mol. The quantitative estimate of drug-likeness (QED) is 0.843. The van der Waals surface area contributed by atoms with Gasteiger partial charge in [0, 0.05) is 0 Å². The molecule has 0 spiro atoms. The van der Waals surface area contributed by atoms with Gasteiger partial charge in [-0.05, 0) is 24.7 Å². The summed E-state index contributed by atoms with van der Waals surface area (Å²) in [6.45, 7) is -0.236. The van der Waals surface area contributed by atoms with E-state index < -0.39 is 24.0 Å². The Bertz CT molecular complexity index is 559. The number of fused-ring (bicyclic) bond motifs is 1. The SMILES string of the molecule is CNC(c1ccc2c(c1)NC(=O)CO2)C(F)(F)C(F)(F)F. The summed E-state index contributed by atoms with van der Waals surface area (Å²) in [4.78, 5) is 11.2. The van der Waals surface area contributed by atoms with Crippen LogP contribution in [0.15, 0.2) is 18.2 Å². The molecule has 21 heavy (non-hydrogen) atoms. The minimum atomic E-state index is -5.70. The van der Waals surface area contributed by atoms with Crippen molar-refractivity contribution in [3.05, 3.63) is 23.8 Å². The molecule has 9 heteroatoms. The van der Waals surface area contributed by atoms with Crippen LogP contribution in [0.1, 0.15) is 11.6 Å². The van der Waals surface area contributed by atoms with E-state index >= 15 is 0 Å². The van der Waals surface area contributed by atoms with E-state index in [4.69, 9.17) is 4.74 Å². The number of alkyl halides is 5. The van der Waals surface area contributed by atoms with Crippen LogP contribution in [-0.4, -0.2) is 31.7 Å². The second-order valence-electron chi connectivity index (χ2n) is 4.43. The van der Waals surface area contributed by atoms with Crippen LogP contribution >= 0.6 is 0 Å². The Morgan fingerprint density at radius 3 is 2.52 bits per heavy atom. The Labute approximate surface area is 116 Å². The molecule has 2 rings (SSSR count). The molecule has 1 amide bonds. The maximum atomic E-state index is 13.5. The van der Waals surface area contributed by atoms with Gasteiger partial charge in [-0.2, -0.15) is 22.0 Å². The molecule has 1 aliphatic rings. The van der Waals surface area contributed by atoms with Crippen LogP contribution < -0.4 is 15.4 Å². The standard InChI is InChI=1S/C12H11F5N2O2/c1-18-10(11(13,14)12(15,16)17)6-2-3-8-7(4-6)19-9(20)5-21-8/h2-4,10,18H,5H2,1H3,(H,19,20). The molecule has 116 valence electrons. The first kappa shape index (κ1) is 15.5. The smallest absolute Gasteiger partial charge is 0.455 e. The van der Waals surface area contributed by atoms with Crippen LogP contribution in [0, 0.1) is 0 Å². The molecule has 0 saturated carbocycles. The predicted molar refractivity (Wildman–Crippen MR) is 63.4 cm³/mol. The first-order valence-corrected chi connectivity index (χ1v) is 5.85. The molecule has 2 N–H and O–H groups in total. The van der Waals surface area contributed by atoms with Crippen molar-refractivity contribution in [3.8, 4) is 5.75 Å².